The lowest BCUT2D eigenvalue weighted by Crippen LogP contribution is -2.02. The second-order valence-corrected chi connectivity index (χ2v) is 4.95. The van der Waals surface area contributed by atoms with Crippen molar-refractivity contribution in [2.24, 2.45) is 5.16 Å². The van der Waals surface area contributed by atoms with Crippen molar-refractivity contribution >= 4 is 46.8 Å². The van der Waals surface area contributed by atoms with Gasteiger partial charge in [-0.1, -0.05) is 40.0 Å². The van der Waals surface area contributed by atoms with Crippen LogP contribution in [0, 0.1) is 0 Å². The summed E-state index contributed by atoms with van der Waals surface area (Å²) in [4.78, 5) is 12.4. The lowest BCUT2D eigenvalue weighted by Gasteiger charge is -2.11. The Labute approximate surface area is 135 Å². The minimum atomic E-state index is 0.134. The Balaban J connectivity index is 2.45. The van der Waals surface area contributed by atoms with E-state index in [0.29, 0.717) is 10.6 Å². The van der Waals surface area contributed by atoms with Gasteiger partial charge in [-0.25, -0.2) is 9.97 Å². The van der Waals surface area contributed by atoms with Crippen molar-refractivity contribution in [1.82, 2.24) is 9.97 Å². The van der Waals surface area contributed by atoms with Gasteiger partial charge in [0.1, 0.15) is 24.8 Å². The van der Waals surface area contributed by atoms with Gasteiger partial charge in [-0.3, -0.25) is 0 Å². The van der Waals surface area contributed by atoms with E-state index in [1.54, 1.807) is 0 Å². The van der Waals surface area contributed by atoms with E-state index in [0.717, 1.165) is 0 Å². The number of nitrogens with two attached hydrogens (primary N) is 1. The van der Waals surface area contributed by atoms with Crippen LogP contribution in [0.25, 0.3) is 0 Å². The maximum absolute atomic E-state index is 6.05. The fourth-order valence-corrected chi connectivity index (χ4v) is 2.32. The average molecular weight is 348 g/mol. The summed E-state index contributed by atoms with van der Waals surface area (Å²) in [5.74, 6) is 0.504. The molecule has 2 N–H and O–H groups in total. The molecule has 1 aromatic heterocycles. The number of nitrogens with zero attached hydrogens (tertiary/aromatic N) is 3. The number of rotatable bonds is 4. The molecule has 0 aliphatic heterocycles. The Morgan fingerprint density at radius 1 is 1.19 bits per heavy atom. The van der Waals surface area contributed by atoms with Crippen LogP contribution in [-0.4, -0.2) is 23.3 Å². The minimum absolute atomic E-state index is 0.134. The zero-order valence-corrected chi connectivity index (χ0v) is 12.9. The quantitative estimate of drug-likeness (QED) is 0.672. The third-order valence-electron chi connectivity index (χ3n) is 2.33. The summed E-state index contributed by atoms with van der Waals surface area (Å²) in [6, 6.07) is 3.00. The number of hydrogen-bond donors (Lipinski definition) is 1. The first kappa shape index (κ1) is 15.6. The van der Waals surface area contributed by atoms with E-state index in [4.69, 9.17) is 45.3 Å². The van der Waals surface area contributed by atoms with Gasteiger partial charge in [0.2, 0.25) is 5.88 Å². The summed E-state index contributed by atoms with van der Waals surface area (Å²) in [6.45, 7) is 0. The van der Waals surface area contributed by atoms with Crippen molar-refractivity contribution in [2.45, 2.75) is 0 Å². The number of anilines is 1. The Morgan fingerprint density at radius 3 is 2.48 bits per heavy atom. The second kappa shape index (κ2) is 6.80. The Bertz CT molecular complexity index is 671. The molecule has 0 atom stereocenters. The highest BCUT2D eigenvalue weighted by Gasteiger charge is 2.15. The third kappa shape index (κ3) is 3.66. The first-order chi connectivity index (χ1) is 10.0. The van der Waals surface area contributed by atoms with Crippen LogP contribution in [0.2, 0.25) is 15.1 Å². The molecule has 0 radical (unpaired) electrons. The fourth-order valence-electron chi connectivity index (χ4n) is 1.42. The van der Waals surface area contributed by atoms with Gasteiger partial charge in [0.15, 0.2) is 5.75 Å². The molecule has 0 aliphatic carbocycles. The van der Waals surface area contributed by atoms with Gasteiger partial charge in [0.05, 0.1) is 16.3 Å². The van der Waals surface area contributed by atoms with Crippen molar-refractivity contribution in [3.05, 3.63) is 39.1 Å². The first-order valence-corrected chi connectivity index (χ1v) is 6.65. The Morgan fingerprint density at radius 2 is 1.86 bits per heavy atom. The first-order valence-electron chi connectivity index (χ1n) is 5.52. The van der Waals surface area contributed by atoms with Crippen LogP contribution in [-0.2, 0) is 4.84 Å². The van der Waals surface area contributed by atoms with Crippen LogP contribution in [0.4, 0.5) is 5.82 Å². The number of benzene rings is 1. The molecule has 0 bridgehead atoms. The molecule has 2 aromatic rings. The number of aromatic nitrogens is 2. The summed E-state index contributed by atoms with van der Waals surface area (Å²) in [5, 5.41) is 4.47. The molecule has 0 aliphatic rings. The predicted octanol–water partition coefficient (Wildman–Crippen LogP) is 3.79. The molecule has 110 valence electrons. The molecule has 1 heterocycles. The fraction of sp³-hybridized carbons (Fsp3) is 0.0833. The highest BCUT2D eigenvalue weighted by atomic mass is 35.5. The summed E-state index contributed by atoms with van der Waals surface area (Å²) in [7, 11) is 1.39. The zero-order valence-electron chi connectivity index (χ0n) is 10.7. The molecule has 0 amide bonds. The molecular weight excluding hydrogens is 339 g/mol. The van der Waals surface area contributed by atoms with Gasteiger partial charge in [0, 0.05) is 5.02 Å². The van der Waals surface area contributed by atoms with Crippen LogP contribution in [0.5, 0.6) is 11.6 Å². The molecule has 2 rings (SSSR count). The van der Waals surface area contributed by atoms with Crippen molar-refractivity contribution in [1.29, 1.82) is 0 Å². The smallest absolute Gasteiger partial charge is 0.233 e. The summed E-state index contributed by atoms with van der Waals surface area (Å²) in [6.07, 6.45) is 2.56. The summed E-state index contributed by atoms with van der Waals surface area (Å²) < 4.78 is 5.60. The normalized spacial score (nSPS) is 10.9. The van der Waals surface area contributed by atoms with Crippen molar-refractivity contribution < 1.29 is 9.57 Å². The number of hydrogen-bond acceptors (Lipinski definition) is 6. The highest BCUT2D eigenvalue weighted by molar-refractivity contribution is 6.40. The van der Waals surface area contributed by atoms with E-state index >= 15 is 0 Å². The standard InChI is InChI=1S/C12H9Cl3N4O2/c1-20-19-4-7-11(16)17-5-18-12(7)21-10-8(14)2-6(13)3-9(10)15/h2-5H,1H3,(H2,16,17,18)/b19-4+. The number of ether oxygens (including phenoxy) is 1. The summed E-state index contributed by atoms with van der Waals surface area (Å²) in [5.41, 5.74) is 6.09. The van der Waals surface area contributed by atoms with Gasteiger partial charge >= 0.3 is 0 Å². The van der Waals surface area contributed by atoms with E-state index in [-0.39, 0.29) is 27.5 Å². The predicted molar refractivity (Wildman–Crippen MR) is 82.6 cm³/mol. The largest absolute Gasteiger partial charge is 0.435 e. The van der Waals surface area contributed by atoms with Crippen LogP contribution < -0.4 is 10.5 Å². The zero-order chi connectivity index (χ0) is 15.4. The topological polar surface area (TPSA) is 82.6 Å². The maximum Gasteiger partial charge on any atom is 0.233 e. The molecule has 1 aromatic carbocycles. The molecule has 0 unspecified atom stereocenters. The van der Waals surface area contributed by atoms with E-state index in [9.17, 15) is 0 Å². The maximum atomic E-state index is 6.05. The molecule has 0 saturated carbocycles. The van der Waals surface area contributed by atoms with Crippen molar-refractivity contribution in [2.75, 3.05) is 12.8 Å². The lowest BCUT2D eigenvalue weighted by atomic mass is 10.3. The van der Waals surface area contributed by atoms with Gasteiger partial charge in [-0.05, 0) is 12.1 Å². The van der Waals surface area contributed by atoms with E-state index < -0.39 is 0 Å². The van der Waals surface area contributed by atoms with Crippen LogP contribution in [0.3, 0.4) is 0 Å². The van der Waals surface area contributed by atoms with Crippen molar-refractivity contribution in [3.63, 3.8) is 0 Å². The lowest BCUT2D eigenvalue weighted by molar-refractivity contribution is 0.215. The Hall–Kier alpha value is -1.76. The highest BCUT2D eigenvalue weighted by Crippen LogP contribution is 2.39. The average Bonchev–Trinajstić information content (AvgIpc) is 2.42. The second-order valence-electron chi connectivity index (χ2n) is 3.70. The number of nitrogen functional groups attached to an aromatic ring is 1. The van der Waals surface area contributed by atoms with Crippen LogP contribution in [0.1, 0.15) is 5.56 Å². The monoisotopic (exact) mass is 346 g/mol. The number of halogens is 3. The van der Waals surface area contributed by atoms with Gasteiger partial charge in [-0.15, -0.1) is 0 Å². The van der Waals surface area contributed by atoms with Crippen LogP contribution >= 0.6 is 34.8 Å². The van der Waals surface area contributed by atoms with Gasteiger partial charge in [-0.2, -0.15) is 0 Å². The van der Waals surface area contributed by atoms with Gasteiger partial charge < -0.3 is 15.3 Å². The molecular formula is C12H9Cl3N4O2. The summed E-state index contributed by atoms with van der Waals surface area (Å²) >= 11 is 18.0. The van der Waals surface area contributed by atoms with E-state index in [1.807, 2.05) is 0 Å². The molecule has 9 heteroatoms. The Kier molecular flexibility index (Phi) is 5.06. The van der Waals surface area contributed by atoms with Crippen molar-refractivity contribution in [3.8, 4) is 11.6 Å². The number of oxime groups is 1. The van der Waals surface area contributed by atoms with E-state index in [1.165, 1.54) is 31.8 Å². The molecule has 6 nitrogen and oxygen atoms in total. The minimum Gasteiger partial charge on any atom is -0.435 e. The van der Waals surface area contributed by atoms with Gasteiger partial charge in [0.25, 0.3) is 0 Å². The SMILES string of the molecule is CO/N=C/c1c(N)ncnc1Oc1c(Cl)cc(Cl)cc1Cl. The molecule has 21 heavy (non-hydrogen) atoms. The molecule has 0 fully saturated rings. The molecule has 0 saturated heterocycles. The third-order valence-corrected chi connectivity index (χ3v) is 3.11. The molecule has 0 spiro atoms. The van der Waals surface area contributed by atoms with Crippen LogP contribution in [0.15, 0.2) is 23.6 Å². The van der Waals surface area contributed by atoms with E-state index in [2.05, 4.69) is 20.0 Å².